The van der Waals surface area contributed by atoms with E-state index in [-0.39, 0.29) is 23.6 Å². The Hall–Kier alpha value is -1.85. The van der Waals surface area contributed by atoms with Crippen molar-refractivity contribution in [1.29, 1.82) is 0 Å². The summed E-state index contributed by atoms with van der Waals surface area (Å²) in [6.07, 6.45) is -0.822. The third kappa shape index (κ3) is 2.80. The minimum atomic E-state index is -4.56. The summed E-state index contributed by atoms with van der Waals surface area (Å²) in [5.74, 6) is -1.64. The molecule has 0 unspecified atom stereocenters. The van der Waals surface area contributed by atoms with E-state index < -0.39 is 23.4 Å². The van der Waals surface area contributed by atoms with Crippen LogP contribution in [0.1, 0.15) is 35.4 Å². The largest absolute Gasteiger partial charge is 0.416 e. The van der Waals surface area contributed by atoms with Crippen LogP contribution in [0.2, 0.25) is 0 Å². The van der Waals surface area contributed by atoms with Gasteiger partial charge in [-0.15, -0.1) is 0 Å². The first-order valence-electron chi connectivity index (χ1n) is 6.56. The van der Waals surface area contributed by atoms with E-state index in [1.807, 2.05) is 0 Å². The van der Waals surface area contributed by atoms with Gasteiger partial charge in [-0.2, -0.15) is 13.2 Å². The fraction of sp³-hybridized carbons (Fsp3) is 0.333. The highest BCUT2D eigenvalue weighted by atomic mass is 19.4. The first-order chi connectivity index (χ1) is 9.86. The molecule has 0 N–H and O–H groups in total. The fourth-order valence-electron chi connectivity index (χ4n) is 2.48. The molecule has 0 spiro atoms. The summed E-state index contributed by atoms with van der Waals surface area (Å²) in [5.41, 5.74) is -1.00. The van der Waals surface area contributed by atoms with Crippen molar-refractivity contribution in [2.45, 2.75) is 31.5 Å². The minimum absolute atomic E-state index is 0.00755. The quantitative estimate of drug-likeness (QED) is 0.724. The van der Waals surface area contributed by atoms with E-state index in [0.29, 0.717) is 12.8 Å². The highest BCUT2D eigenvalue weighted by molar-refractivity contribution is 5.40. The zero-order valence-corrected chi connectivity index (χ0v) is 10.9. The van der Waals surface area contributed by atoms with Crippen molar-refractivity contribution in [3.05, 3.63) is 58.9 Å². The molecule has 1 saturated carbocycles. The lowest BCUT2D eigenvalue weighted by Crippen LogP contribution is -2.12. The average Bonchev–Trinajstić information content (AvgIpc) is 3.14. The molecule has 1 aliphatic carbocycles. The Labute approximate surface area is 118 Å². The summed E-state index contributed by atoms with van der Waals surface area (Å²) in [5, 5.41) is 0. The lowest BCUT2D eigenvalue weighted by atomic mass is 9.98. The van der Waals surface area contributed by atoms with Crippen molar-refractivity contribution in [2.24, 2.45) is 0 Å². The maximum absolute atomic E-state index is 14.4. The van der Waals surface area contributed by atoms with Crippen LogP contribution in [0, 0.1) is 11.6 Å². The lowest BCUT2D eigenvalue weighted by Gasteiger charge is -2.16. The number of hydrogen-bond donors (Lipinski definition) is 0. The number of alkyl halides is 3. The molecular formula is C15H12F5N. The summed E-state index contributed by atoms with van der Waals surface area (Å²) in [6.45, 7) is 0.00755. The molecule has 0 atom stereocenters. The lowest BCUT2D eigenvalue weighted by molar-refractivity contribution is -0.138. The van der Waals surface area contributed by atoms with Crippen molar-refractivity contribution in [2.75, 3.05) is 0 Å². The van der Waals surface area contributed by atoms with Crippen LogP contribution >= 0.6 is 0 Å². The second-order valence-electron chi connectivity index (χ2n) is 5.27. The van der Waals surface area contributed by atoms with Gasteiger partial charge in [-0.1, -0.05) is 6.07 Å². The van der Waals surface area contributed by atoms with Gasteiger partial charge < -0.3 is 4.57 Å². The van der Waals surface area contributed by atoms with Gasteiger partial charge in [0.25, 0.3) is 0 Å². The van der Waals surface area contributed by atoms with Crippen LogP contribution in [0.25, 0.3) is 0 Å². The molecule has 6 heteroatoms. The Morgan fingerprint density at radius 1 is 1.10 bits per heavy atom. The van der Waals surface area contributed by atoms with Crippen molar-refractivity contribution >= 4 is 0 Å². The summed E-state index contributed by atoms with van der Waals surface area (Å²) in [7, 11) is 0. The summed E-state index contributed by atoms with van der Waals surface area (Å²) >= 11 is 0. The van der Waals surface area contributed by atoms with Crippen molar-refractivity contribution in [1.82, 2.24) is 4.57 Å². The number of rotatable bonds is 3. The van der Waals surface area contributed by atoms with Gasteiger partial charge in [0.05, 0.1) is 12.1 Å². The van der Waals surface area contributed by atoms with Crippen LogP contribution in [0.3, 0.4) is 0 Å². The Balaban J connectivity index is 2.01. The maximum Gasteiger partial charge on any atom is 0.416 e. The third-order valence-electron chi connectivity index (χ3n) is 3.62. The van der Waals surface area contributed by atoms with E-state index in [1.165, 1.54) is 23.0 Å². The fourth-order valence-corrected chi connectivity index (χ4v) is 2.48. The second kappa shape index (κ2) is 4.86. The average molecular weight is 301 g/mol. The van der Waals surface area contributed by atoms with Gasteiger partial charge in [-0.25, -0.2) is 8.78 Å². The highest BCUT2D eigenvalue weighted by Gasteiger charge is 2.40. The van der Waals surface area contributed by atoms with Gasteiger partial charge in [-0.05, 0) is 30.9 Å². The van der Waals surface area contributed by atoms with Crippen LogP contribution in [0.4, 0.5) is 22.0 Å². The van der Waals surface area contributed by atoms with Crippen molar-refractivity contribution < 1.29 is 22.0 Å². The maximum atomic E-state index is 14.4. The Morgan fingerprint density at radius 2 is 1.81 bits per heavy atom. The smallest absolute Gasteiger partial charge is 0.347 e. The van der Waals surface area contributed by atoms with Crippen molar-refractivity contribution in [3.8, 4) is 0 Å². The molecule has 0 aliphatic heterocycles. The normalized spacial score (nSPS) is 15.5. The number of benzene rings is 1. The number of aromatic nitrogens is 1. The van der Waals surface area contributed by atoms with E-state index in [1.54, 1.807) is 0 Å². The molecular weight excluding hydrogens is 289 g/mol. The standard InChI is InChI=1S/C15H12F5N/c16-11-5-6-21(8-11)7-10-3-4-12(15(18,19)20)13(14(10)17)9-1-2-9/h3-6,8-9H,1-2,7H2. The monoisotopic (exact) mass is 301 g/mol. The molecule has 112 valence electrons. The molecule has 0 saturated heterocycles. The van der Waals surface area contributed by atoms with Crippen LogP contribution in [-0.4, -0.2) is 4.57 Å². The molecule has 1 heterocycles. The van der Waals surface area contributed by atoms with Crippen LogP contribution in [0.5, 0.6) is 0 Å². The highest BCUT2D eigenvalue weighted by Crippen LogP contribution is 2.47. The molecule has 0 bridgehead atoms. The molecule has 1 aromatic heterocycles. The van der Waals surface area contributed by atoms with Crippen LogP contribution < -0.4 is 0 Å². The Morgan fingerprint density at radius 3 is 2.33 bits per heavy atom. The predicted octanol–water partition coefficient (Wildman–Crippen LogP) is 4.71. The first-order valence-corrected chi connectivity index (χ1v) is 6.56. The van der Waals surface area contributed by atoms with E-state index in [0.717, 1.165) is 12.1 Å². The van der Waals surface area contributed by atoms with E-state index in [9.17, 15) is 22.0 Å². The zero-order valence-electron chi connectivity index (χ0n) is 10.9. The molecule has 0 amide bonds. The minimum Gasteiger partial charge on any atom is -0.347 e. The predicted molar refractivity (Wildman–Crippen MR) is 66.9 cm³/mol. The Bertz CT molecular complexity index is 667. The van der Waals surface area contributed by atoms with Gasteiger partial charge in [0, 0.05) is 23.5 Å². The first kappa shape index (κ1) is 14.1. The SMILES string of the molecule is Fc1ccn(Cc2ccc(C(F)(F)F)c(C3CC3)c2F)c1. The molecule has 1 fully saturated rings. The number of nitrogens with zero attached hydrogens (tertiary/aromatic N) is 1. The van der Waals surface area contributed by atoms with Crippen LogP contribution in [-0.2, 0) is 12.7 Å². The zero-order chi connectivity index (χ0) is 15.2. The van der Waals surface area contributed by atoms with E-state index in [4.69, 9.17) is 0 Å². The van der Waals surface area contributed by atoms with Crippen LogP contribution in [0.15, 0.2) is 30.6 Å². The molecule has 0 radical (unpaired) electrons. The topological polar surface area (TPSA) is 4.93 Å². The van der Waals surface area contributed by atoms with Gasteiger partial charge in [-0.3, -0.25) is 0 Å². The van der Waals surface area contributed by atoms with E-state index >= 15 is 0 Å². The molecule has 3 rings (SSSR count). The summed E-state index contributed by atoms with van der Waals surface area (Å²) in [6, 6.07) is 3.26. The molecule has 1 aliphatic rings. The van der Waals surface area contributed by atoms with Gasteiger partial charge in [0.15, 0.2) is 0 Å². The second-order valence-corrected chi connectivity index (χ2v) is 5.27. The third-order valence-corrected chi connectivity index (χ3v) is 3.62. The molecule has 2 aromatic rings. The molecule has 21 heavy (non-hydrogen) atoms. The van der Waals surface area contributed by atoms with Gasteiger partial charge in [0.1, 0.15) is 11.6 Å². The van der Waals surface area contributed by atoms with Gasteiger partial charge >= 0.3 is 6.18 Å². The number of hydrogen-bond acceptors (Lipinski definition) is 0. The summed E-state index contributed by atoms with van der Waals surface area (Å²) in [4.78, 5) is 0. The summed E-state index contributed by atoms with van der Waals surface area (Å²) < 4.78 is 67.6. The van der Waals surface area contributed by atoms with Crippen molar-refractivity contribution in [3.63, 3.8) is 0 Å². The molecule has 1 aromatic carbocycles. The van der Waals surface area contributed by atoms with E-state index in [2.05, 4.69) is 0 Å². The van der Waals surface area contributed by atoms with Gasteiger partial charge in [0.2, 0.25) is 0 Å². The number of halogens is 5. The molecule has 1 nitrogen and oxygen atoms in total. The Kier molecular flexibility index (Phi) is 3.26.